The second-order valence-electron chi connectivity index (χ2n) is 5.99. The molecule has 0 atom stereocenters. The quantitative estimate of drug-likeness (QED) is 0.476. The number of rotatable bonds is 3. The highest BCUT2D eigenvalue weighted by Gasteiger charge is 2.16. The molecule has 0 fully saturated rings. The van der Waals surface area contributed by atoms with Crippen LogP contribution < -0.4 is 16.4 Å². The van der Waals surface area contributed by atoms with Gasteiger partial charge in [0.05, 0.1) is 18.1 Å². The van der Waals surface area contributed by atoms with Crippen LogP contribution in [0.5, 0.6) is 0 Å². The Balaban J connectivity index is 1.55. The van der Waals surface area contributed by atoms with Gasteiger partial charge in [0.1, 0.15) is 5.69 Å². The first kappa shape index (κ1) is 17.2. The molecule has 28 heavy (non-hydrogen) atoms. The van der Waals surface area contributed by atoms with Crippen LogP contribution in [0.4, 0.5) is 0 Å². The first-order valence-electron chi connectivity index (χ1n) is 8.44. The summed E-state index contributed by atoms with van der Waals surface area (Å²) in [5, 5.41) is 0.572. The third-order valence-electron chi connectivity index (χ3n) is 4.19. The Morgan fingerprint density at radius 3 is 2.46 bits per heavy atom. The van der Waals surface area contributed by atoms with E-state index in [1.54, 1.807) is 28.8 Å². The van der Waals surface area contributed by atoms with Gasteiger partial charge in [-0.1, -0.05) is 36.4 Å². The van der Waals surface area contributed by atoms with Crippen LogP contribution in [-0.2, 0) is 0 Å². The minimum absolute atomic E-state index is 0.163. The molecule has 138 valence electrons. The molecule has 0 bridgehead atoms. The number of benzene rings is 2. The molecule has 2 amide bonds. The van der Waals surface area contributed by atoms with Crippen molar-refractivity contribution in [3.63, 3.8) is 0 Å². The minimum Gasteiger partial charge on any atom is -0.322 e. The van der Waals surface area contributed by atoms with Crippen molar-refractivity contribution < 1.29 is 9.59 Å². The number of amides is 2. The summed E-state index contributed by atoms with van der Waals surface area (Å²) in [6, 6.07) is 17.3. The number of nitrogens with zero attached hydrogens (tertiary/aromatic N) is 2. The van der Waals surface area contributed by atoms with E-state index in [0.29, 0.717) is 10.9 Å². The number of hydrogen-bond donors (Lipinski definition) is 3. The Kier molecular flexibility index (Phi) is 4.43. The third kappa shape index (κ3) is 3.26. The normalized spacial score (nSPS) is 10.6. The lowest BCUT2D eigenvalue weighted by molar-refractivity contribution is 0.0843. The van der Waals surface area contributed by atoms with Crippen LogP contribution >= 0.6 is 0 Å². The predicted octanol–water partition coefficient (Wildman–Crippen LogP) is 1.79. The van der Waals surface area contributed by atoms with E-state index < -0.39 is 17.4 Å². The van der Waals surface area contributed by atoms with E-state index in [0.717, 1.165) is 5.69 Å². The number of imidazole rings is 1. The molecule has 0 aliphatic carbocycles. The molecule has 0 unspecified atom stereocenters. The SMILES string of the molecule is O=C(NNC(=O)c1cncn1-c1ccccc1)c1cc(=O)[nH]c2ccccc12. The van der Waals surface area contributed by atoms with Crippen molar-refractivity contribution in [3.05, 3.63) is 94.8 Å². The molecule has 0 saturated carbocycles. The topological polar surface area (TPSA) is 109 Å². The summed E-state index contributed by atoms with van der Waals surface area (Å²) >= 11 is 0. The van der Waals surface area contributed by atoms with Crippen LogP contribution in [0.1, 0.15) is 20.8 Å². The van der Waals surface area contributed by atoms with Gasteiger partial charge in [0.25, 0.3) is 11.8 Å². The minimum atomic E-state index is -0.596. The molecule has 0 aliphatic rings. The fraction of sp³-hybridized carbons (Fsp3) is 0. The fourth-order valence-electron chi connectivity index (χ4n) is 2.89. The second kappa shape index (κ2) is 7.20. The molecule has 2 heterocycles. The van der Waals surface area contributed by atoms with E-state index >= 15 is 0 Å². The summed E-state index contributed by atoms with van der Waals surface area (Å²) in [6.07, 6.45) is 2.91. The maximum Gasteiger partial charge on any atom is 0.288 e. The van der Waals surface area contributed by atoms with Crippen molar-refractivity contribution in [2.45, 2.75) is 0 Å². The predicted molar refractivity (Wildman–Crippen MR) is 103 cm³/mol. The molecule has 8 nitrogen and oxygen atoms in total. The molecule has 0 radical (unpaired) electrons. The maximum atomic E-state index is 12.5. The van der Waals surface area contributed by atoms with E-state index in [9.17, 15) is 14.4 Å². The summed E-state index contributed by atoms with van der Waals surface area (Å²) < 4.78 is 1.60. The molecular weight excluding hydrogens is 358 g/mol. The lowest BCUT2D eigenvalue weighted by atomic mass is 10.1. The second-order valence-corrected chi connectivity index (χ2v) is 5.99. The number of aromatic amines is 1. The summed E-state index contributed by atoms with van der Waals surface area (Å²) in [4.78, 5) is 43.5. The van der Waals surface area contributed by atoms with Gasteiger partial charge in [0.15, 0.2) is 0 Å². The number of fused-ring (bicyclic) bond motifs is 1. The number of para-hydroxylation sites is 2. The average molecular weight is 373 g/mol. The first-order chi connectivity index (χ1) is 13.6. The van der Waals surface area contributed by atoms with Gasteiger partial charge in [-0.2, -0.15) is 0 Å². The summed E-state index contributed by atoms with van der Waals surface area (Å²) in [5.41, 5.74) is 6.03. The third-order valence-corrected chi connectivity index (χ3v) is 4.19. The molecule has 8 heteroatoms. The number of H-pyrrole nitrogens is 1. The molecular formula is C20H15N5O3. The zero-order chi connectivity index (χ0) is 19.5. The lowest BCUT2D eigenvalue weighted by Crippen LogP contribution is -2.42. The Morgan fingerprint density at radius 1 is 0.929 bits per heavy atom. The van der Waals surface area contributed by atoms with Crippen molar-refractivity contribution in [3.8, 4) is 5.69 Å². The van der Waals surface area contributed by atoms with Crippen LogP contribution in [0.2, 0.25) is 0 Å². The van der Waals surface area contributed by atoms with Crippen LogP contribution in [0, 0.1) is 0 Å². The van der Waals surface area contributed by atoms with Crippen molar-refractivity contribution in [2.75, 3.05) is 0 Å². The number of carbonyl (C=O) groups excluding carboxylic acids is 2. The largest absolute Gasteiger partial charge is 0.322 e. The van der Waals surface area contributed by atoms with Crippen molar-refractivity contribution in [2.24, 2.45) is 0 Å². The van der Waals surface area contributed by atoms with Crippen LogP contribution in [0.3, 0.4) is 0 Å². The van der Waals surface area contributed by atoms with Gasteiger partial charge >= 0.3 is 0 Å². The maximum absolute atomic E-state index is 12.5. The number of pyridine rings is 1. The van der Waals surface area contributed by atoms with Gasteiger partial charge in [0.2, 0.25) is 5.56 Å². The zero-order valence-corrected chi connectivity index (χ0v) is 14.5. The van der Waals surface area contributed by atoms with Gasteiger partial charge < -0.3 is 4.98 Å². The lowest BCUT2D eigenvalue weighted by Gasteiger charge is -2.11. The molecule has 2 aromatic heterocycles. The number of carbonyl (C=O) groups is 2. The van der Waals surface area contributed by atoms with Crippen LogP contribution in [0.25, 0.3) is 16.6 Å². The van der Waals surface area contributed by atoms with Crippen molar-refractivity contribution in [1.82, 2.24) is 25.4 Å². The highest BCUT2D eigenvalue weighted by atomic mass is 16.2. The molecule has 4 rings (SSSR count). The van der Waals surface area contributed by atoms with E-state index in [2.05, 4.69) is 20.8 Å². The first-order valence-corrected chi connectivity index (χ1v) is 8.44. The molecule has 3 N–H and O–H groups in total. The molecule has 2 aromatic carbocycles. The standard InChI is InChI=1S/C20H15N5O3/c26-18-10-15(14-8-4-5-9-16(14)22-18)19(27)23-24-20(28)17-11-21-12-25(17)13-6-2-1-3-7-13/h1-12H,(H,22,26)(H,23,27)(H,24,28). The molecule has 0 spiro atoms. The molecule has 0 saturated heterocycles. The Hall–Kier alpha value is -4.20. The average Bonchev–Trinajstić information content (AvgIpc) is 3.22. The van der Waals surface area contributed by atoms with Crippen molar-refractivity contribution >= 4 is 22.7 Å². The van der Waals surface area contributed by atoms with Crippen molar-refractivity contribution in [1.29, 1.82) is 0 Å². The Labute approximate surface area is 158 Å². The fourth-order valence-corrected chi connectivity index (χ4v) is 2.89. The monoisotopic (exact) mass is 373 g/mol. The molecule has 0 aliphatic heterocycles. The van der Waals surface area contributed by atoms with E-state index in [4.69, 9.17) is 0 Å². The summed E-state index contributed by atoms with van der Waals surface area (Å²) in [7, 11) is 0. The van der Waals surface area contributed by atoms with E-state index in [1.165, 1.54) is 18.6 Å². The number of hydrazine groups is 1. The van der Waals surface area contributed by atoms with E-state index in [-0.39, 0.29) is 11.3 Å². The van der Waals surface area contributed by atoms with Crippen LogP contribution in [-0.4, -0.2) is 26.3 Å². The van der Waals surface area contributed by atoms with Gasteiger partial charge in [0, 0.05) is 22.7 Å². The van der Waals surface area contributed by atoms with E-state index in [1.807, 2.05) is 30.3 Å². The Morgan fingerprint density at radius 2 is 1.64 bits per heavy atom. The number of aromatic nitrogens is 3. The zero-order valence-electron chi connectivity index (χ0n) is 14.5. The van der Waals surface area contributed by atoms with Gasteiger partial charge in [-0.3, -0.25) is 29.8 Å². The van der Waals surface area contributed by atoms with Gasteiger partial charge in [-0.15, -0.1) is 0 Å². The number of hydrogen-bond acceptors (Lipinski definition) is 4. The summed E-state index contributed by atoms with van der Waals surface area (Å²) in [5.74, 6) is -1.13. The highest BCUT2D eigenvalue weighted by Crippen LogP contribution is 2.14. The van der Waals surface area contributed by atoms with Crippen LogP contribution in [0.15, 0.2) is 78.0 Å². The van der Waals surface area contributed by atoms with Gasteiger partial charge in [-0.05, 0) is 18.2 Å². The van der Waals surface area contributed by atoms with Gasteiger partial charge in [-0.25, -0.2) is 4.98 Å². The summed E-state index contributed by atoms with van der Waals surface area (Å²) in [6.45, 7) is 0. The Bertz CT molecular complexity index is 1230. The highest BCUT2D eigenvalue weighted by molar-refractivity contribution is 6.06. The smallest absolute Gasteiger partial charge is 0.288 e. The number of nitrogens with one attached hydrogen (secondary N) is 3. The molecule has 4 aromatic rings.